The van der Waals surface area contributed by atoms with Crippen LogP contribution < -0.4 is 5.32 Å². The summed E-state index contributed by atoms with van der Waals surface area (Å²) in [7, 11) is 0. The molecule has 0 bridgehead atoms. The van der Waals surface area contributed by atoms with E-state index in [4.69, 9.17) is 4.42 Å². The smallest absolute Gasteiger partial charge is 0.287 e. The van der Waals surface area contributed by atoms with E-state index < -0.39 is 11.6 Å². The molecule has 5 rings (SSSR count). The van der Waals surface area contributed by atoms with Crippen LogP contribution in [0.5, 0.6) is 0 Å². The average Bonchev–Trinajstić information content (AvgIpc) is 3.47. The van der Waals surface area contributed by atoms with E-state index in [2.05, 4.69) is 20.4 Å². The number of H-pyrrole nitrogens is 1. The zero-order chi connectivity index (χ0) is 21.3. The highest BCUT2D eigenvalue weighted by atomic mass is 16.3. The van der Waals surface area contributed by atoms with Crippen molar-refractivity contribution in [3.63, 3.8) is 0 Å². The second-order valence-electron chi connectivity index (χ2n) is 7.99. The number of carbonyl (C=O) groups excluding carboxylic acids is 1. The second-order valence-corrected chi connectivity index (χ2v) is 7.99. The molecule has 3 heterocycles. The number of amides is 1. The highest BCUT2D eigenvalue weighted by Gasteiger charge is 2.45. The van der Waals surface area contributed by atoms with Crippen molar-refractivity contribution in [1.82, 2.24) is 20.4 Å². The Morgan fingerprint density at radius 2 is 1.97 bits per heavy atom. The molecule has 1 aliphatic heterocycles. The van der Waals surface area contributed by atoms with Crippen molar-refractivity contribution >= 4 is 16.8 Å². The van der Waals surface area contributed by atoms with Crippen molar-refractivity contribution in [2.45, 2.75) is 24.6 Å². The molecule has 1 saturated heterocycles. The van der Waals surface area contributed by atoms with E-state index in [-0.39, 0.29) is 11.7 Å². The lowest BCUT2D eigenvalue weighted by Crippen LogP contribution is -2.61. The molecule has 7 nitrogen and oxygen atoms in total. The fourth-order valence-corrected chi connectivity index (χ4v) is 4.46. The normalized spacial score (nSPS) is 21.9. The highest BCUT2D eigenvalue weighted by molar-refractivity contribution is 5.92. The Bertz CT molecular complexity index is 1170. The van der Waals surface area contributed by atoms with Gasteiger partial charge in [0.15, 0.2) is 5.76 Å². The number of aliphatic hydroxyl groups excluding tert-OH is 1. The lowest BCUT2D eigenvalue weighted by molar-refractivity contribution is -0.0187. The van der Waals surface area contributed by atoms with Gasteiger partial charge < -0.3 is 14.8 Å². The standard InChI is InChI=1S/C24H24N4O3/c29-22-16-28(15-20-18-9-4-5-10-19(18)26-27-20)13-12-24(22,17-7-2-1-3-8-17)25-23(30)21-11-6-14-31-21/h1-11,14,22,29H,12-13,15-16H2,(H,25,30)(H,26,27)/t22-,24-/m1/s1. The Labute approximate surface area is 179 Å². The number of aromatic amines is 1. The first-order valence-corrected chi connectivity index (χ1v) is 10.4. The van der Waals surface area contributed by atoms with Gasteiger partial charge in [-0.05, 0) is 30.2 Å². The predicted molar refractivity (Wildman–Crippen MR) is 116 cm³/mol. The third-order valence-electron chi connectivity index (χ3n) is 6.12. The lowest BCUT2D eigenvalue weighted by atomic mass is 9.78. The van der Waals surface area contributed by atoms with E-state index in [1.807, 2.05) is 54.6 Å². The number of fused-ring (bicyclic) bond motifs is 1. The quantitative estimate of drug-likeness (QED) is 0.465. The predicted octanol–water partition coefficient (Wildman–Crippen LogP) is 3.05. The number of carbonyl (C=O) groups is 1. The molecule has 158 valence electrons. The maximum atomic E-state index is 12.8. The van der Waals surface area contributed by atoms with Gasteiger partial charge >= 0.3 is 0 Å². The SMILES string of the molecule is O=C(N[C@@]1(c2ccccc2)CCN(Cc2[nH]nc3ccccc23)C[C@H]1O)c1ccco1. The summed E-state index contributed by atoms with van der Waals surface area (Å²) >= 11 is 0. The van der Waals surface area contributed by atoms with Crippen molar-refractivity contribution in [3.8, 4) is 0 Å². The Morgan fingerprint density at radius 1 is 1.16 bits per heavy atom. The van der Waals surface area contributed by atoms with E-state index >= 15 is 0 Å². The average molecular weight is 416 g/mol. The Hall–Kier alpha value is -3.42. The van der Waals surface area contributed by atoms with Crippen LogP contribution in [0.25, 0.3) is 10.9 Å². The molecule has 0 unspecified atom stereocenters. The molecule has 1 fully saturated rings. The molecule has 1 aliphatic rings. The van der Waals surface area contributed by atoms with Crippen molar-refractivity contribution in [2.75, 3.05) is 13.1 Å². The minimum atomic E-state index is -0.891. The van der Waals surface area contributed by atoms with Crippen molar-refractivity contribution in [2.24, 2.45) is 0 Å². The van der Waals surface area contributed by atoms with Gasteiger partial charge in [-0.25, -0.2) is 0 Å². The van der Waals surface area contributed by atoms with Crippen LogP contribution >= 0.6 is 0 Å². The number of piperidine rings is 1. The lowest BCUT2D eigenvalue weighted by Gasteiger charge is -2.46. The largest absolute Gasteiger partial charge is 0.459 e. The van der Waals surface area contributed by atoms with Gasteiger partial charge in [-0.3, -0.25) is 14.8 Å². The minimum absolute atomic E-state index is 0.230. The van der Waals surface area contributed by atoms with E-state index in [1.165, 1.54) is 6.26 Å². The number of hydrogen-bond acceptors (Lipinski definition) is 5. The number of β-amino-alcohol motifs (C(OH)–C–C–N with tert-alkyl or cyclic N) is 1. The third-order valence-corrected chi connectivity index (χ3v) is 6.12. The number of aromatic nitrogens is 2. The Balaban J connectivity index is 1.39. The van der Waals surface area contributed by atoms with Crippen LogP contribution in [-0.4, -0.2) is 45.3 Å². The summed E-state index contributed by atoms with van der Waals surface area (Å²) in [4.78, 5) is 15.0. The number of likely N-dealkylation sites (tertiary alicyclic amines) is 1. The Kier molecular flexibility index (Phi) is 5.05. The summed E-state index contributed by atoms with van der Waals surface area (Å²) in [6.45, 7) is 1.77. The second kappa shape index (κ2) is 8.02. The molecule has 0 spiro atoms. The topological polar surface area (TPSA) is 94.4 Å². The minimum Gasteiger partial charge on any atom is -0.459 e. The number of benzene rings is 2. The first kappa shape index (κ1) is 19.5. The zero-order valence-corrected chi connectivity index (χ0v) is 17.0. The van der Waals surface area contributed by atoms with Gasteiger partial charge in [0.2, 0.25) is 0 Å². The molecule has 31 heavy (non-hydrogen) atoms. The molecule has 3 N–H and O–H groups in total. The van der Waals surface area contributed by atoms with E-state index in [1.54, 1.807) is 12.1 Å². The molecule has 0 radical (unpaired) electrons. The summed E-state index contributed by atoms with van der Waals surface area (Å²) in [5.41, 5.74) is 1.95. The Morgan fingerprint density at radius 3 is 2.74 bits per heavy atom. The van der Waals surface area contributed by atoms with Gasteiger partial charge in [-0.15, -0.1) is 0 Å². The summed E-state index contributed by atoms with van der Waals surface area (Å²) in [6.07, 6.45) is 1.24. The number of furan rings is 1. The van der Waals surface area contributed by atoms with E-state index in [0.29, 0.717) is 26.1 Å². The molecule has 2 atom stereocenters. The summed E-state index contributed by atoms with van der Waals surface area (Å²) in [6, 6.07) is 21.0. The molecule has 1 amide bonds. The van der Waals surface area contributed by atoms with Crippen LogP contribution in [-0.2, 0) is 12.1 Å². The van der Waals surface area contributed by atoms with Gasteiger partial charge in [-0.2, -0.15) is 5.10 Å². The van der Waals surface area contributed by atoms with Crippen LogP contribution in [0.15, 0.2) is 77.4 Å². The monoisotopic (exact) mass is 416 g/mol. The van der Waals surface area contributed by atoms with Gasteiger partial charge in [-0.1, -0.05) is 48.5 Å². The summed E-state index contributed by atoms with van der Waals surface area (Å²) in [5, 5.41) is 23.0. The fraction of sp³-hybridized carbons (Fsp3) is 0.250. The van der Waals surface area contributed by atoms with E-state index in [9.17, 15) is 9.90 Å². The van der Waals surface area contributed by atoms with Crippen molar-refractivity contribution in [3.05, 3.63) is 90.0 Å². The van der Waals surface area contributed by atoms with Crippen LogP contribution in [0, 0.1) is 0 Å². The first-order chi connectivity index (χ1) is 15.2. The van der Waals surface area contributed by atoms with E-state index in [0.717, 1.165) is 22.2 Å². The first-order valence-electron chi connectivity index (χ1n) is 10.4. The maximum Gasteiger partial charge on any atom is 0.287 e. The molecule has 0 aliphatic carbocycles. The van der Waals surface area contributed by atoms with Crippen molar-refractivity contribution in [1.29, 1.82) is 0 Å². The van der Waals surface area contributed by atoms with Crippen molar-refractivity contribution < 1.29 is 14.3 Å². The van der Waals surface area contributed by atoms with Crippen LogP contribution in [0.3, 0.4) is 0 Å². The highest BCUT2D eigenvalue weighted by Crippen LogP contribution is 2.34. The van der Waals surface area contributed by atoms with Gasteiger partial charge in [0.1, 0.15) is 0 Å². The van der Waals surface area contributed by atoms with Gasteiger partial charge in [0, 0.05) is 25.0 Å². The number of nitrogens with zero attached hydrogens (tertiary/aromatic N) is 2. The molecular formula is C24H24N4O3. The summed E-state index contributed by atoms with van der Waals surface area (Å²) in [5.74, 6) is -0.102. The van der Waals surface area contributed by atoms with Gasteiger partial charge in [0.25, 0.3) is 5.91 Å². The molecule has 4 aromatic rings. The van der Waals surface area contributed by atoms with Crippen LogP contribution in [0.1, 0.15) is 28.2 Å². The van der Waals surface area contributed by atoms with Crippen LogP contribution in [0.4, 0.5) is 0 Å². The van der Waals surface area contributed by atoms with Gasteiger partial charge in [0.05, 0.1) is 29.1 Å². The van der Waals surface area contributed by atoms with Crippen LogP contribution in [0.2, 0.25) is 0 Å². The molecule has 2 aromatic heterocycles. The molecule has 2 aromatic carbocycles. The molecule has 7 heteroatoms. The molecule has 0 saturated carbocycles. The third kappa shape index (κ3) is 3.62. The zero-order valence-electron chi connectivity index (χ0n) is 17.0. The number of rotatable bonds is 5. The number of hydrogen-bond donors (Lipinski definition) is 3. The molecular weight excluding hydrogens is 392 g/mol. The summed E-state index contributed by atoms with van der Waals surface area (Å²) < 4.78 is 5.27. The fourth-order valence-electron chi connectivity index (χ4n) is 4.46. The number of nitrogens with one attached hydrogen (secondary N) is 2. The number of para-hydroxylation sites is 1. The number of aliphatic hydroxyl groups is 1. The maximum absolute atomic E-state index is 12.8.